The van der Waals surface area contributed by atoms with Gasteiger partial charge in [-0.2, -0.15) is 0 Å². The van der Waals surface area contributed by atoms with Crippen molar-refractivity contribution in [2.75, 3.05) is 5.32 Å². The average Bonchev–Trinajstić information content (AvgIpc) is 2.56. The lowest BCUT2D eigenvalue weighted by Crippen LogP contribution is -2.46. The van der Waals surface area contributed by atoms with Crippen LogP contribution in [0, 0.1) is 5.82 Å². The standard InChI is InChI=1S/C18H15ClFN3OS/c1-10-15(17(24)22-12-8-6-11(19)7-9-12)16(23-18(25)21-10)13-4-2-3-5-14(13)20/h2-9,16H,1H3,(H,22,24)(H2,21,23,25)/t16-/m0/s1. The summed E-state index contributed by atoms with van der Waals surface area (Å²) in [6.45, 7) is 1.73. The van der Waals surface area contributed by atoms with Gasteiger partial charge < -0.3 is 16.0 Å². The predicted octanol–water partition coefficient (Wildman–Crippen LogP) is 3.91. The average molecular weight is 376 g/mol. The number of hydrogen-bond acceptors (Lipinski definition) is 2. The van der Waals surface area contributed by atoms with Crippen molar-refractivity contribution in [3.8, 4) is 0 Å². The third kappa shape index (κ3) is 3.81. The molecular formula is C18H15ClFN3OS. The largest absolute Gasteiger partial charge is 0.351 e. The first-order valence-electron chi connectivity index (χ1n) is 7.55. The minimum Gasteiger partial charge on any atom is -0.351 e. The number of anilines is 1. The molecule has 3 N–H and O–H groups in total. The van der Waals surface area contributed by atoms with Crippen molar-refractivity contribution in [3.63, 3.8) is 0 Å². The molecule has 7 heteroatoms. The number of carbonyl (C=O) groups excluding carboxylic acids is 1. The Balaban J connectivity index is 1.96. The zero-order valence-electron chi connectivity index (χ0n) is 13.3. The van der Waals surface area contributed by atoms with E-state index in [9.17, 15) is 9.18 Å². The maximum absolute atomic E-state index is 14.3. The molecule has 0 aliphatic carbocycles. The minimum absolute atomic E-state index is 0.341. The van der Waals surface area contributed by atoms with Crippen LogP contribution < -0.4 is 16.0 Å². The maximum Gasteiger partial charge on any atom is 0.255 e. The summed E-state index contributed by atoms with van der Waals surface area (Å²) in [5.41, 5.74) is 1.89. The van der Waals surface area contributed by atoms with E-state index in [0.29, 0.717) is 32.7 Å². The van der Waals surface area contributed by atoms with E-state index >= 15 is 0 Å². The lowest BCUT2D eigenvalue weighted by Gasteiger charge is -2.30. The van der Waals surface area contributed by atoms with Crippen LogP contribution in [0.3, 0.4) is 0 Å². The summed E-state index contributed by atoms with van der Waals surface area (Å²) in [6.07, 6.45) is 0. The van der Waals surface area contributed by atoms with Gasteiger partial charge >= 0.3 is 0 Å². The van der Waals surface area contributed by atoms with Crippen LogP contribution >= 0.6 is 23.8 Å². The molecule has 128 valence electrons. The molecule has 4 nitrogen and oxygen atoms in total. The second-order valence-electron chi connectivity index (χ2n) is 5.55. The molecule has 0 aromatic heterocycles. The Morgan fingerprint density at radius 3 is 2.56 bits per heavy atom. The van der Waals surface area contributed by atoms with Crippen molar-refractivity contribution < 1.29 is 9.18 Å². The van der Waals surface area contributed by atoms with Gasteiger partial charge in [0.25, 0.3) is 5.91 Å². The van der Waals surface area contributed by atoms with Crippen molar-refractivity contribution >= 4 is 40.5 Å². The monoisotopic (exact) mass is 375 g/mol. The molecule has 0 fully saturated rings. The van der Waals surface area contributed by atoms with Gasteiger partial charge in [-0.15, -0.1) is 0 Å². The summed E-state index contributed by atoms with van der Waals surface area (Å²) in [5.74, 6) is -0.759. The molecule has 0 unspecified atom stereocenters. The Bertz CT molecular complexity index is 867. The van der Waals surface area contributed by atoms with Crippen LogP contribution in [0.2, 0.25) is 5.02 Å². The molecular weight excluding hydrogens is 361 g/mol. The van der Waals surface area contributed by atoms with E-state index in [4.69, 9.17) is 23.8 Å². The molecule has 1 aliphatic heterocycles. The second kappa shape index (κ2) is 7.21. The minimum atomic E-state index is -0.678. The Morgan fingerprint density at radius 2 is 1.88 bits per heavy atom. The summed E-state index contributed by atoms with van der Waals surface area (Å²) in [6, 6.07) is 12.4. The Labute approximate surface area is 155 Å². The molecule has 0 spiro atoms. The van der Waals surface area contributed by atoms with Crippen LogP contribution in [0.25, 0.3) is 0 Å². The second-order valence-corrected chi connectivity index (χ2v) is 6.40. The maximum atomic E-state index is 14.3. The fraction of sp³-hybridized carbons (Fsp3) is 0.111. The van der Waals surface area contributed by atoms with Gasteiger partial charge in [-0.3, -0.25) is 4.79 Å². The number of rotatable bonds is 3. The van der Waals surface area contributed by atoms with Gasteiger partial charge in [0.1, 0.15) is 5.82 Å². The van der Waals surface area contributed by atoms with Crippen molar-refractivity contribution in [2.24, 2.45) is 0 Å². The van der Waals surface area contributed by atoms with Gasteiger partial charge in [0.05, 0.1) is 11.6 Å². The Morgan fingerprint density at radius 1 is 1.20 bits per heavy atom. The molecule has 1 amide bonds. The van der Waals surface area contributed by atoms with Gasteiger partial charge in [-0.25, -0.2) is 4.39 Å². The zero-order chi connectivity index (χ0) is 18.0. The van der Waals surface area contributed by atoms with E-state index in [-0.39, 0.29) is 5.91 Å². The van der Waals surface area contributed by atoms with Gasteiger partial charge in [-0.1, -0.05) is 29.8 Å². The van der Waals surface area contributed by atoms with Crippen molar-refractivity contribution in [1.29, 1.82) is 0 Å². The van der Waals surface area contributed by atoms with Crippen molar-refractivity contribution in [1.82, 2.24) is 10.6 Å². The molecule has 0 bridgehead atoms. The fourth-order valence-corrected chi connectivity index (χ4v) is 3.07. The number of amides is 1. The third-order valence-corrected chi connectivity index (χ3v) is 4.30. The van der Waals surface area contributed by atoms with Gasteiger partial charge in [0, 0.05) is 22.0 Å². The SMILES string of the molecule is CC1=C(C(=O)Nc2ccc(Cl)cc2)[C@H](c2ccccc2F)NC(=S)N1. The Hall–Kier alpha value is -2.44. The van der Waals surface area contributed by atoms with E-state index in [1.54, 1.807) is 49.4 Å². The number of benzene rings is 2. The highest BCUT2D eigenvalue weighted by atomic mass is 35.5. The fourth-order valence-electron chi connectivity index (χ4n) is 2.67. The van der Waals surface area contributed by atoms with E-state index in [2.05, 4.69) is 16.0 Å². The van der Waals surface area contributed by atoms with Crippen LogP contribution in [-0.4, -0.2) is 11.0 Å². The number of nitrogens with one attached hydrogen (secondary N) is 3. The molecule has 1 aliphatic rings. The molecule has 0 saturated heterocycles. The van der Waals surface area contributed by atoms with Gasteiger partial charge in [0.2, 0.25) is 0 Å². The molecule has 0 radical (unpaired) electrons. The first-order valence-corrected chi connectivity index (χ1v) is 8.34. The normalized spacial score (nSPS) is 16.9. The molecule has 2 aromatic rings. The molecule has 3 rings (SSSR count). The van der Waals surface area contributed by atoms with E-state index in [0.717, 1.165) is 0 Å². The van der Waals surface area contributed by atoms with Gasteiger partial charge in [0.15, 0.2) is 5.11 Å². The third-order valence-electron chi connectivity index (χ3n) is 3.83. The zero-order valence-corrected chi connectivity index (χ0v) is 14.8. The first-order chi connectivity index (χ1) is 12.0. The lowest BCUT2D eigenvalue weighted by atomic mass is 9.94. The first kappa shape index (κ1) is 17.4. The van der Waals surface area contributed by atoms with Gasteiger partial charge in [-0.05, 0) is 49.5 Å². The molecule has 1 heterocycles. The van der Waals surface area contributed by atoms with E-state index in [1.807, 2.05) is 0 Å². The van der Waals surface area contributed by atoms with Crippen LogP contribution in [-0.2, 0) is 4.79 Å². The summed E-state index contributed by atoms with van der Waals surface area (Å²) in [4.78, 5) is 12.8. The number of hydrogen-bond donors (Lipinski definition) is 3. The van der Waals surface area contributed by atoms with Crippen molar-refractivity contribution in [2.45, 2.75) is 13.0 Å². The molecule has 1 atom stereocenters. The highest BCUT2D eigenvalue weighted by molar-refractivity contribution is 7.80. The molecule has 0 saturated carbocycles. The van der Waals surface area contributed by atoms with E-state index in [1.165, 1.54) is 6.07 Å². The summed E-state index contributed by atoms with van der Waals surface area (Å²) in [5, 5.41) is 9.61. The van der Waals surface area contributed by atoms with E-state index < -0.39 is 11.9 Å². The topological polar surface area (TPSA) is 53.2 Å². The quantitative estimate of drug-likeness (QED) is 0.712. The summed E-state index contributed by atoms with van der Waals surface area (Å²) in [7, 11) is 0. The molecule has 2 aromatic carbocycles. The smallest absolute Gasteiger partial charge is 0.255 e. The van der Waals surface area contributed by atoms with Crippen LogP contribution in [0.1, 0.15) is 18.5 Å². The van der Waals surface area contributed by atoms with Crippen LogP contribution in [0.15, 0.2) is 59.8 Å². The number of halogens is 2. The highest BCUT2D eigenvalue weighted by Crippen LogP contribution is 2.29. The highest BCUT2D eigenvalue weighted by Gasteiger charge is 2.31. The number of carbonyl (C=O) groups is 1. The summed E-state index contributed by atoms with van der Waals surface area (Å²) >= 11 is 11.0. The van der Waals surface area contributed by atoms with Crippen LogP contribution in [0.4, 0.5) is 10.1 Å². The van der Waals surface area contributed by atoms with Crippen molar-refractivity contribution in [3.05, 3.63) is 76.2 Å². The lowest BCUT2D eigenvalue weighted by molar-refractivity contribution is -0.113. The number of allylic oxidation sites excluding steroid dienone is 1. The number of thiocarbonyl (C=S) groups is 1. The predicted molar refractivity (Wildman–Crippen MR) is 101 cm³/mol. The molecule has 25 heavy (non-hydrogen) atoms. The summed E-state index contributed by atoms with van der Waals surface area (Å²) < 4.78 is 14.3. The van der Waals surface area contributed by atoms with Crippen LogP contribution in [0.5, 0.6) is 0 Å². The Kier molecular flexibility index (Phi) is 5.01.